The number of benzene rings is 3. The second-order valence-electron chi connectivity index (χ2n) is 8.36. The summed E-state index contributed by atoms with van der Waals surface area (Å²) in [5.74, 6) is 5.23. The van der Waals surface area contributed by atoms with E-state index >= 15 is 0 Å². The number of carbonyl (C=O) groups excluding carboxylic acids is 1. The molecular weight excluding hydrogens is 500 g/mol. The first-order valence-corrected chi connectivity index (χ1v) is 13.2. The molecular formula is C26H29ClN4O4S. The van der Waals surface area contributed by atoms with Crippen LogP contribution in [0.3, 0.4) is 0 Å². The predicted molar refractivity (Wildman–Crippen MR) is 143 cm³/mol. The summed E-state index contributed by atoms with van der Waals surface area (Å²) >= 11 is 5.96. The molecule has 0 aromatic heterocycles. The zero-order valence-electron chi connectivity index (χ0n) is 20.1. The molecule has 190 valence electrons. The van der Waals surface area contributed by atoms with E-state index in [0.29, 0.717) is 12.4 Å². The van der Waals surface area contributed by atoms with E-state index < -0.39 is 15.9 Å². The predicted octanol–water partition coefficient (Wildman–Crippen LogP) is 4.26. The summed E-state index contributed by atoms with van der Waals surface area (Å²) in [4.78, 5) is 12.3. The van der Waals surface area contributed by atoms with Crippen molar-refractivity contribution in [3.8, 4) is 5.75 Å². The van der Waals surface area contributed by atoms with E-state index in [1.54, 1.807) is 25.3 Å². The van der Waals surface area contributed by atoms with Gasteiger partial charge >= 0.3 is 0 Å². The third-order valence-electron chi connectivity index (χ3n) is 5.19. The monoisotopic (exact) mass is 528 g/mol. The number of hydrazone groups is 1. The quantitative estimate of drug-likeness (QED) is 0.194. The van der Waals surface area contributed by atoms with Crippen LogP contribution in [-0.2, 0) is 21.2 Å². The molecule has 3 aromatic carbocycles. The van der Waals surface area contributed by atoms with Crippen molar-refractivity contribution in [2.45, 2.75) is 37.6 Å². The Balaban J connectivity index is 1.54. The van der Waals surface area contributed by atoms with Crippen molar-refractivity contribution in [1.82, 2.24) is 4.72 Å². The number of nitrogens with one attached hydrogen (secondary N) is 2. The zero-order chi connectivity index (χ0) is 26.1. The first-order valence-electron chi connectivity index (χ1n) is 11.3. The van der Waals surface area contributed by atoms with Gasteiger partial charge in [0.2, 0.25) is 5.91 Å². The highest BCUT2D eigenvalue weighted by atomic mass is 35.5. The van der Waals surface area contributed by atoms with E-state index in [4.69, 9.17) is 22.2 Å². The van der Waals surface area contributed by atoms with Crippen LogP contribution in [0.1, 0.15) is 30.0 Å². The summed E-state index contributed by atoms with van der Waals surface area (Å²) < 4.78 is 33.0. The number of hydrogen-bond acceptors (Lipinski definition) is 7. The van der Waals surface area contributed by atoms with E-state index in [2.05, 4.69) is 15.1 Å². The van der Waals surface area contributed by atoms with E-state index in [-0.39, 0.29) is 22.4 Å². The molecule has 0 aliphatic rings. The molecule has 1 amide bonds. The second kappa shape index (κ2) is 12.4. The van der Waals surface area contributed by atoms with Gasteiger partial charge in [-0.1, -0.05) is 48.0 Å². The number of anilines is 1. The lowest BCUT2D eigenvalue weighted by Gasteiger charge is -2.17. The van der Waals surface area contributed by atoms with Crippen molar-refractivity contribution in [1.29, 1.82) is 0 Å². The molecule has 3 rings (SSSR count). The zero-order valence-corrected chi connectivity index (χ0v) is 21.6. The maximum absolute atomic E-state index is 12.5. The fraction of sp³-hybridized carbons (Fsp3) is 0.231. The molecule has 0 radical (unpaired) electrons. The first-order chi connectivity index (χ1) is 17.2. The fourth-order valence-corrected chi connectivity index (χ4v) is 5.10. The van der Waals surface area contributed by atoms with Crippen molar-refractivity contribution < 1.29 is 17.9 Å². The number of nitrogens with zero attached hydrogens (tertiary/aromatic N) is 1. The number of halogens is 1. The summed E-state index contributed by atoms with van der Waals surface area (Å²) in [6.07, 6.45) is 2.26. The Morgan fingerprint density at radius 1 is 1.14 bits per heavy atom. The Labute approximate surface area is 216 Å². The highest BCUT2D eigenvalue weighted by Gasteiger charge is 2.21. The molecule has 10 heteroatoms. The molecule has 0 aliphatic carbocycles. The topological polar surface area (TPSA) is 123 Å². The average Bonchev–Trinajstić information content (AvgIpc) is 2.79. The third kappa shape index (κ3) is 8.00. The number of rotatable bonds is 11. The van der Waals surface area contributed by atoms with E-state index in [1.807, 2.05) is 49.4 Å². The number of sulfonamides is 1. The van der Waals surface area contributed by atoms with Crippen LogP contribution in [0.25, 0.3) is 0 Å². The summed E-state index contributed by atoms with van der Waals surface area (Å²) in [6, 6.07) is 19.2. The maximum Gasteiger partial charge on any atom is 0.265 e. The maximum atomic E-state index is 12.5. The Morgan fingerprint density at radius 3 is 2.56 bits per heavy atom. The molecule has 0 aliphatic heterocycles. The highest BCUT2D eigenvalue weighted by Crippen LogP contribution is 2.23. The lowest BCUT2D eigenvalue weighted by molar-refractivity contribution is -0.119. The van der Waals surface area contributed by atoms with Crippen molar-refractivity contribution in [3.05, 3.63) is 88.4 Å². The lowest BCUT2D eigenvalue weighted by Crippen LogP contribution is -2.34. The van der Waals surface area contributed by atoms with Gasteiger partial charge in [-0.25, -0.2) is 13.1 Å². The minimum absolute atomic E-state index is 0.0503. The largest absolute Gasteiger partial charge is 0.493 e. The van der Waals surface area contributed by atoms with Crippen LogP contribution in [-0.4, -0.2) is 33.2 Å². The molecule has 0 saturated heterocycles. The standard InChI is InChI=1S/C26H29ClN4O4S/c1-18-13-22(16-23(14-18)35-12-11-20-7-9-21(10-8-20)17-29-28)30-19(2)15-26(32)31-36(33,34)25-6-4-3-5-24(25)27/h3-10,13-14,16-17,19,30H,11-12,15,28H2,1-2H3,(H,31,32)/b29-17-. The lowest BCUT2D eigenvalue weighted by atomic mass is 10.1. The third-order valence-corrected chi connectivity index (χ3v) is 7.07. The van der Waals surface area contributed by atoms with Crippen LogP contribution < -0.4 is 20.6 Å². The molecule has 4 N–H and O–H groups in total. The minimum Gasteiger partial charge on any atom is -0.493 e. The fourth-order valence-electron chi connectivity index (χ4n) is 3.58. The molecule has 0 spiro atoms. The average molecular weight is 529 g/mol. The van der Waals surface area contributed by atoms with Crippen LogP contribution in [0.5, 0.6) is 5.75 Å². The summed E-state index contributed by atoms with van der Waals surface area (Å²) in [5, 5.41) is 6.80. The minimum atomic E-state index is -4.05. The van der Waals surface area contributed by atoms with Gasteiger partial charge in [-0.2, -0.15) is 5.10 Å². The normalized spacial score (nSPS) is 12.3. The molecule has 1 atom stereocenters. The Bertz CT molecular complexity index is 1330. The molecule has 8 nitrogen and oxygen atoms in total. The smallest absolute Gasteiger partial charge is 0.265 e. The van der Waals surface area contributed by atoms with Gasteiger partial charge in [0.05, 0.1) is 17.8 Å². The van der Waals surface area contributed by atoms with Gasteiger partial charge in [0, 0.05) is 30.6 Å². The van der Waals surface area contributed by atoms with E-state index in [9.17, 15) is 13.2 Å². The van der Waals surface area contributed by atoms with Crippen LogP contribution in [0.2, 0.25) is 5.02 Å². The summed E-state index contributed by atoms with van der Waals surface area (Å²) in [7, 11) is -4.05. The SMILES string of the molecule is Cc1cc(NC(C)CC(=O)NS(=O)(=O)c2ccccc2Cl)cc(OCCc2ccc(/C=N\N)cc2)c1. The Hall–Kier alpha value is -3.56. The molecule has 0 heterocycles. The number of nitrogens with two attached hydrogens (primary N) is 1. The number of ether oxygens (including phenoxy) is 1. The van der Waals surface area contributed by atoms with Gasteiger partial charge in [0.15, 0.2) is 0 Å². The molecule has 0 saturated carbocycles. The van der Waals surface area contributed by atoms with Gasteiger partial charge in [-0.3, -0.25) is 4.79 Å². The molecule has 0 fully saturated rings. The van der Waals surface area contributed by atoms with Crippen LogP contribution >= 0.6 is 11.6 Å². The van der Waals surface area contributed by atoms with Gasteiger partial charge in [-0.15, -0.1) is 0 Å². The highest BCUT2D eigenvalue weighted by molar-refractivity contribution is 7.90. The number of amides is 1. The molecule has 0 bridgehead atoms. The molecule has 1 unspecified atom stereocenters. The first kappa shape index (κ1) is 27.0. The van der Waals surface area contributed by atoms with Crippen LogP contribution in [0.4, 0.5) is 5.69 Å². The summed E-state index contributed by atoms with van der Waals surface area (Å²) in [6.45, 7) is 4.23. The number of hydrogen-bond donors (Lipinski definition) is 3. The van der Waals surface area contributed by atoms with Gasteiger partial charge < -0.3 is 15.9 Å². The van der Waals surface area contributed by atoms with E-state index in [1.165, 1.54) is 12.1 Å². The van der Waals surface area contributed by atoms with E-state index in [0.717, 1.165) is 28.8 Å². The Morgan fingerprint density at radius 2 is 1.86 bits per heavy atom. The van der Waals surface area contributed by atoms with Crippen molar-refractivity contribution >= 4 is 39.4 Å². The summed E-state index contributed by atoms with van der Waals surface area (Å²) in [5.41, 5.74) is 3.81. The number of aryl methyl sites for hydroxylation is 1. The van der Waals surface area contributed by atoms with Gasteiger partial charge in [0.25, 0.3) is 10.0 Å². The van der Waals surface area contributed by atoms with Gasteiger partial charge in [0.1, 0.15) is 10.6 Å². The molecule has 3 aromatic rings. The Kier molecular flexibility index (Phi) is 9.32. The van der Waals surface area contributed by atoms with Crippen molar-refractivity contribution in [3.63, 3.8) is 0 Å². The number of carbonyl (C=O) groups is 1. The van der Waals surface area contributed by atoms with Crippen molar-refractivity contribution in [2.24, 2.45) is 10.9 Å². The molecule has 36 heavy (non-hydrogen) atoms. The second-order valence-corrected chi connectivity index (χ2v) is 10.4. The van der Waals surface area contributed by atoms with Gasteiger partial charge in [-0.05, 0) is 54.8 Å². The van der Waals surface area contributed by atoms with Crippen molar-refractivity contribution in [2.75, 3.05) is 11.9 Å². The van der Waals surface area contributed by atoms with Crippen LogP contribution in [0, 0.1) is 6.92 Å². The van der Waals surface area contributed by atoms with Crippen LogP contribution in [0.15, 0.2) is 76.7 Å².